The molecule has 1 N–H and O–H groups in total. The van der Waals surface area contributed by atoms with Crippen LogP contribution in [0.4, 0.5) is 0 Å². The maximum Gasteiger partial charge on any atom is 0.157 e. The molecule has 0 radical (unpaired) electrons. The first-order chi connectivity index (χ1) is 6.47. The molecule has 80 valence electrons. The van der Waals surface area contributed by atoms with E-state index >= 15 is 0 Å². The van der Waals surface area contributed by atoms with E-state index in [1.807, 2.05) is 0 Å². The second-order valence-corrected chi connectivity index (χ2v) is 5.75. The maximum absolute atomic E-state index is 10.8. The molecular weight excluding hydrogens is 222 g/mol. The van der Waals surface area contributed by atoms with Crippen LogP contribution in [0.5, 0.6) is 0 Å². The average molecular weight is 235 g/mol. The highest BCUT2D eigenvalue weighted by Crippen LogP contribution is 2.10. The van der Waals surface area contributed by atoms with Crippen molar-refractivity contribution in [2.75, 3.05) is 18.6 Å². The standard InChI is InChI=1S/C8H13NO3S2/c1-14(10,11)5-4-9-6-7-2-3-8(13)12-7/h2-3,9,13H,4-6H2,1H3. The van der Waals surface area contributed by atoms with E-state index < -0.39 is 9.84 Å². The molecule has 4 nitrogen and oxygen atoms in total. The van der Waals surface area contributed by atoms with Crippen molar-refractivity contribution in [3.63, 3.8) is 0 Å². The lowest BCUT2D eigenvalue weighted by Crippen LogP contribution is -2.21. The highest BCUT2D eigenvalue weighted by molar-refractivity contribution is 7.90. The van der Waals surface area contributed by atoms with E-state index in [2.05, 4.69) is 17.9 Å². The van der Waals surface area contributed by atoms with Crippen LogP contribution in [0, 0.1) is 0 Å². The van der Waals surface area contributed by atoms with Crippen LogP contribution in [-0.4, -0.2) is 27.0 Å². The van der Waals surface area contributed by atoms with Gasteiger partial charge in [-0.05, 0) is 12.1 Å². The van der Waals surface area contributed by atoms with Gasteiger partial charge in [-0.2, -0.15) is 0 Å². The Balaban J connectivity index is 2.23. The molecule has 0 aromatic carbocycles. The first-order valence-corrected chi connectivity index (χ1v) is 6.64. The molecule has 0 bridgehead atoms. The minimum absolute atomic E-state index is 0.140. The SMILES string of the molecule is CS(=O)(=O)CCNCc1ccc(S)o1. The summed E-state index contributed by atoms with van der Waals surface area (Å²) in [6.07, 6.45) is 1.22. The summed E-state index contributed by atoms with van der Waals surface area (Å²) < 4.78 is 26.7. The average Bonchev–Trinajstić information content (AvgIpc) is 2.44. The summed E-state index contributed by atoms with van der Waals surface area (Å²) in [6.45, 7) is 0.956. The molecule has 1 aromatic rings. The van der Waals surface area contributed by atoms with Crippen molar-refractivity contribution >= 4 is 22.5 Å². The largest absolute Gasteiger partial charge is 0.454 e. The zero-order chi connectivity index (χ0) is 10.6. The highest BCUT2D eigenvalue weighted by Gasteiger charge is 2.02. The number of hydrogen-bond donors (Lipinski definition) is 2. The number of nitrogens with one attached hydrogen (secondary N) is 1. The van der Waals surface area contributed by atoms with E-state index in [4.69, 9.17) is 4.42 Å². The number of hydrogen-bond acceptors (Lipinski definition) is 5. The van der Waals surface area contributed by atoms with E-state index in [1.54, 1.807) is 12.1 Å². The molecule has 0 aliphatic rings. The number of furan rings is 1. The van der Waals surface area contributed by atoms with Crippen LogP contribution in [0.2, 0.25) is 0 Å². The van der Waals surface area contributed by atoms with Gasteiger partial charge in [0.15, 0.2) is 5.09 Å². The van der Waals surface area contributed by atoms with Gasteiger partial charge in [0.2, 0.25) is 0 Å². The summed E-state index contributed by atoms with van der Waals surface area (Å²) in [4.78, 5) is 0. The second-order valence-electron chi connectivity index (χ2n) is 3.05. The minimum atomic E-state index is -2.88. The van der Waals surface area contributed by atoms with Crippen LogP contribution >= 0.6 is 12.6 Å². The lowest BCUT2D eigenvalue weighted by atomic mass is 10.4. The van der Waals surface area contributed by atoms with Crippen LogP contribution in [0.1, 0.15) is 5.76 Å². The normalized spacial score (nSPS) is 11.9. The first kappa shape index (κ1) is 11.6. The predicted molar refractivity (Wildman–Crippen MR) is 57.4 cm³/mol. The maximum atomic E-state index is 10.8. The summed E-state index contributed by atoms with van der Waals surface area (Å²) in [5.41, 5.74) is 0. The molecule has 0 atom stereocenters. The Kier molecular flexibility index (Phi) is 4.03. The third-order valence-electron chi connectivity index (χ3n) is 1.60. The van der Waals surface area contributed by atoms with Crippen LogP contribution in [0.3, 0.4) is 0 Å². The van der Waals surface area contributed by atoms with Crippen molar-refractivity contribution in [2.24, 2.45) is 0 Å². The molecule has 6 heteroatoms. The van der Waals surface area contributed by atoms with E-state index in [9.17, 15) is 8.42 Å². The Bertz CT molecular complexity index is 383. The van der Waals surface area contributed by atoms with E-state index in [-0.39, 0.29) is 5.75 Å². The molecule has 1 rings (SSSR count). The van der Waals surface area contributed by atoms with Crippen LogP contribution in [-0.2, 0) is 16.4 Å². The van der Waals surface area contributed by atoms with Crippen LogP contribution in [0.15, 0.2) is 21.6 Å². The molecule has 0 aliphatic heterocycles. The van der Waals surface area contributed by atoms with Gasteiger partial charge in [-0.3, -0.25) is 0 Å². The van der Waals surface area contributed by atoms with Crippen molar-refractivity contribution in [3.05, 3.63) is 17.9 Å². The molecule has 0 saturated heterocycles. The first-order valence-electron chi connectivity index (χ1n) is 4.13. The fourth-order valence-electron chi connectivity index (χ4n) is 0.931. The Morgan fingerprint density at radius 1 is 1.50 bits per heavy atom. The molecule has 0 saturated carbocycles. The molecular formula is C8H13NO3S2. The molecule has 1 heterocycles. The molecule has 14 heavy (non-hydrogen) atoms. The Labute approximate surface area is 89.0 Å². The van der Waals surface area contributed by atoms with Crippen LogP contribution < -0.4 is 5.32 Å². The monoisotopic (exact) mass is 235 g/mol. The van der Waals surface area contributed by atoms with Gasteiger partial charge >= 0.3 is 0 Å². The molecule has 0 fully saturated rings. The van der Waals surface area contributed by atoms with Gasteiger partial charge in [-0.25, -0.2) is 8.42 Å². The molecule has 0 amide bonds. The fraction of sp³-hybridized carbons (Fsp3) is 0.500. The van der Waals surface area contributed by atoms with Gasteiger partial charge < -0.3 is 9.73 Å². The van der Waals surface area contributed by atoms with E-state index in [0.29, 0.717) is 18.2 Å². The van der Waals surface area contributed by atoms with Gasteiger partial charge in [0.05, 0.1) is 12.3 Å². The highest BCUT2D eigenvalue weighted by atomic mass is 32.2. The van der Waals surface area contributed by atoms with Gasteiger partial charge in [0.1, 0.15) is 15.6 Å². The lowest BCUT2D eigenvalue weighted by molar-refractivity contribution is 0.420. The molecule has 0 aliphatic carbocycles. The third kappa shape index (κ3) is 4.69. The van der Waals surface area contributed by atoms with Crippen LogP contribution in [0.25, 0.3) is 0 Å². The Morgan fingerprint density at radius 3 is 2.71 bits per heavy atom. The summed E-state index contributed by atoms with van der Waals surface area (Å²) in [5, 5.41) is 3.52. The summed E-state index contributed by atoms with van der Waals surface area (Å²) >= 11 is 4.01. The van der Waals surface area contributed by atoms with Crippen molar-refractivity contribution in [3.8, 4) is 0 Å². The van der Waals surface area contributed by atoms with Crippen molar-refractivity contribution in [1.29, 1.82) is 0 Å². The number of rotatable bonds is 5. The van der Waals surface area contributed by atoms with Gasteiger partial charge in [0.25, 0.3) is 0 Å². The predicted octanol–water partition coefficient (Wildman–Crippen LogP) is 0.702. The van der Waals surface area contributed by atoms with Crippen molar-refractivity contribution in [2.45, 2.75) is 11.6 Å². The van der Waals surface area contributed by atoms with Gasteiger partial charge in [-0.1, -0.05) is 0 Å². The summed E-state index contributed by atoms with van der Waals surface area (Å²) in [5.74, 6) is 0.894. The topological polar surface area (TPSA) is 59.3 Å². The quantitative estimate of drug-likeness (QED) is 0.583. The smallest absolute Gasteiger partial charge is 0.157 e. The molecule has 0 unspecified atom stereocenters. The van der Waals surface area contributed by atoms with E-state index in [1.165, 1.54) is 6.26 Å². The molecule has 0 spiro atoms. The zero-order valence-corrected chi connectivity index (χ0v) is 9.57. The number of sulfone groups is 1. The second kappa shape index (κ2) is 4.86. The molecule has 1 aromatic heterocycles. The Morgan fingerprint density at radius 2 is 2.21 bits per heavy atom. The summed E-state index contributed by atoms with van der Waals surface area (Å²) in [6, 6.07) is 3.55. The summed E-state index contributed by atoms with van der Waals surface area (Å²) in [7, 11) is -2.88. The zero-order valence-electron chi connectivity index (χ0n) is 7.86. The van der Waals surface area contributed by atoms with Crippen molar-refractivity contribution < 1.29 is 12.8 Å². The van der Waals surface area contributed by atoms with E-state index in [0.717, 1.165) is 5.76 Å². The number of thiol groups is 1. The Hall–Kier alpha value is -0.460. The fourth-order valence-corrected chi connectivity index (χ4v) is 1.64. The minimum Gasteiger partial charge on any atom is -0.454 e. The third-order valence-corrected chi connectivity index (χ3v) is 2.78. The van der Waals surface area contributed by atoms with Crippen molar-refractivity contribution in [1.82, 2.24) is 5.32 Å². The van der Waals surface area contributed by atoms with Gasteiger partial charge in [0, 0.05) is 12.8 Å². The lowest BCUT2D eigenvalue weighted by Gasteiger charge is -2.00. The van der Waals surface area contributed by atoms with Gasteiger partial charge in [-0.15, -0.1) is 12.6 Å².